The van der Waals surface area contributed by atoms with E-state index in [1.165, 1.54) is 18.2 Å². The second-order valence-corrected chi connectivity index (χ2v) is 4.85. The molecule has 0 saturated carbocycles. The quantitative estimate of drug-likeness (QED) is 0.914. The monoisotopic (exact) mass is 303 g/mol. The number of aromatic nitrogens is 1. The number of anilines is 1. The highest BCUT2D eigenvalue weighted by Crippen LogP contribution is 2.33. The van der Waals surface area contributed by atoms with Crippen molar-refractivity contribution in [2.45, 2.75) is 19.0 Å². The molecule has 5 nitrogen and oxygen atoms in total. The van der Waals surface area contributed by atoms with Crippen LogP contribution >= 0.6 is 0 Å². The number of amides is 2. The van der Waals surface area contributed by atoms with E-state index in [0.29, 0.717) is 24.5 Å². The average molecular weight is 303 g/mol. The van der Waals surface area contributed by atoms with Crippen LogP contribution in [0.15, 0.2) is 18.3 Å². The molecule has 0 aliphatic carbocycles. The summed E-state index contributed by atoms with van der Waals surface area (Å²) in [6, 6.07) is 2.59. The van der Waals surface area contributed by atoms with Crippen molar-refractivity contribution < 1.29 is 22.7 Å². The Balaban J connectivity index is 1.96. The van der Waals surface area contributed by atoms with Gasteiger partial charge in [0.2, 0.25) is 5.88 Å². The van der Waals surface area contributed by atoms with Crippen LogP contribution in [0.5, 0.6) is 5.88 Å². The van der Waals surface area contributed by atoms with Gasteiger partial charge < -0.3 is 15.0 Å². The molecule has 0 spiro atoms. The number of halogens is 3. The molecular formula is C13H16F3N3O2. The third-order valence-corrected chi connectivity index (χ3v) is 3.37. The molecule has 1 aromatic heterocycles. The minimum absolute atomic E-state index is 0.0668. The van der Waals surface area contributed by atoms with Gasteiger partial charge in [-0.15, -0.1) is 0 Å². The van der Waals surface area contributed by atoms with Gasteiger partial charge in [-0.05, 0) is 18.9 Å². The summed E-state index contributed by atoms with van der Waals surface area (Å²) in [5, 5.41) is 2.54. The van der Waals surface area contributed by atoms with E-state index in [4.69, 9.17) is 4.74 Å². The van der Waals surface area contributed by atoms with Gasteiger partial charge in [-0.25, -0.2) is 9.78 Å². The topological polar surface area (TPSA) is 54.5 Å². The second-order valence-electron chi connectivity index (χ2n) is 4.85. The van der Waals surface area contributed by atoms with Crippen molar-refractivity contribution in [2.24, 2.45) is 5.92 Å². The number of alkyl halides is 3. The van der Waals surface area contributed by atoms with Crippen molar-refractivity contribution in [2.75, 3.05) is 25.5 Å². The molecule has 21 heavy (non-hydrogen) atoms. The zero-order valence-electron chi connectivity index (χ0n) is 11.5. The number of hydrogen-bond acceptors (Lipinski definition) is 3. The fourth-order valence-electron chi connectivity index (χ4n) is 2.21. The molecule has 1 fully saturated rings. The van der Waals surface area contributed by atoms with Gasteiger partial charge in [-0.2, -0.15) is 13.2 Å². The van der Waals surface area contributed by atoms with Crippen LogP contribution in [-0.4, -0.2) is 42.3 Å². The maximum absolute atomic E-state index is 12.7. The summed E-state index contributed by atoms with van der Waals surface area (Å²) in [5.74, 6) is -1.06. The molecular weight excluding hydrogens is 287 g/mol. The summed E-state index contributed by atoms with van der Waals surface area (Å²) < 4.78 is 43.0. The van der Waals surface area contributed by atoms with Gasteiger partial charge in [0.05, 0.1) is 24.9 Å². The number of urea groups is 1. The minimum atomic E-state index is -4.26. The Hall–Kier alpha value is -1.99. The molecule has 0 aromatic carbocycles. The van der Waals surface area contributed by atoms with Crippen LogP contribution in [-0.2, 0) is 0 Å². The molecule has 1 aromatic rings. The van der Waals surface area contributed by atoms with Gasteiger partial charge in [0.15, 0.2) is 0 Å². The number of ether oxygens (including phenoxy) is 1. The summed E-state index contributed by atoms with van der Waals surface area (Å²) in [6.07, 6.45) is -2.46. The first-order valence-corrected chi connectivity index (χ1v) is 6.53. The summed E-state index contributed by atoms with van der Waals surface area (Å²) in [5.41, 5.74) is 0.412. The summed E-state index contributed by atoms with van der Waals surface area (Å²) in [6.45, 7) is 0.0148. The van der Waals surface area contributed by atoms with Crippen molar-refractivity contribution in [3.8, 4) is 5.88 Å². The molecule has 2 amide bonds. The van der Waals surface area contributed by atoms with Crippen LogP contribution < -0.4 is 10.1 Å². The fourth-order valence-corrected chi connectivity index (χ4v) is 2.21. The van der Waals surface area contributed by atoms with Crippen molar-refractivity contribution >= 4 is 11.7 Å². The zero-order valence-corrected chi connectivity index (χ0v) is 11.5. The van der Waals surface area contributed by atoms with E-state index in [2.05, 4.69) is 10.3 Å². The lowest BCUT2D eigenvalue weighted by Crippen LogP contribution is -2.46. The first kappa shape index (κ1) is 15.4. The Kier molecular flexibility index (Phi) is 4.54. The maximum Gasteiger partial charge on any atom is 0.393 e. The van der Waals surface area contributed by atoms with E-state index < -0.39 is 18.1 Å². The Labute approximate surface area is 120 Å². The lowest BCUT2D eigenvalue weighted by Gasteiger charge is -2.33. The van der Waals surface area contributed by atoms with Gasteiger partial charge in [-0.3, -0.25) is 0 Å². The number of nitrogens with one attached hydrogen (secondary N) is 1. The molecule has 116 valence electrons. The zero-order chi connectivity index (χ0) is 15.5. The third-order valence-electron chi connectivity index (χ3n) is 3.37. The Bertz CT molecular complexity index is 490. The second kappa shape index (κ2) is 6.19. The van der Waals surface area contributed by atoms with Gasteiger partial charge in [0.25, 0.3) is 0 Å². The number of rotatable bonds is 2. The molecule has 1 aliphatic heterocycles. The molecule has 0 radical (unpaired) electrons. The van der Waals surface area contributed by atoms with Crippen molar-refractivity contribution in [3.05, 3.63) is 18.3 Å². The molecule has 1 N–H and O–H groups in total. The standard InChI is InChI=1S/C13H16F3N3O2/c1-21-11-5-4-10(7-17-11)18-12(20)19-6-2-3-9(8-19)13(14,15)16/h4-5,7,9H,2-3,6,8H2,1H3,(H,18,20)/t9-/m0/s1. The predicted octanol–water partition coefficient (Wildman–Crippen LogP) is 2.90. The smallest absolute Gasteiger partial charge is 0.393 e. The lowest BCUT2D eigenvalue weighted by molar-refractivity contribution is -0.183. The van der Waals surface area contributed by atoms with E-state index >= 15 is 0 Å². The van der Waals surface area contributed by atoms with E-state index in [1.807, 2.05) is 0 Å². The largest absolute Gasteiger partial charge is 0.481 e. The third kappa shape index (κ3) is 3.99. The number of methoxy groups -OCH3 is 1. The van der Waals surface area contributed by atoms with Crippen LogP contribution in [0.1, 0.15) is 12.8 Å². The molecule has 1 aliphatic rings. The molecule has 2 heterocycles. The van der Waals surface area contributed by atoms with Crippen LogP contribution in [0.4, 0.5) is 23.7 Å². The molecule has 2 rings (SSSR count). The Morgan fingerprint density at radius 2 is 2.24 bits per heavy atom. The summed E-state index contributed by atoms with van der Waals surface area (Å²) in [7, 11) is 1.46. The number of hydrogen-bond donors (Lipinski definition) is 1. The number of carbonyl (C=O) groups excluding carboxylic acids is 1. The van der Waals surface area contributed by atoms with Crippen molar-refractivity contribution in [3.63, 3.8) is 0 Å². The average Bonchev–Trinajstić information content (AvgIpc) is 2.47. The normalized spacial score (nSPS) is 19.2. The highest BCUT2D eigenvalue weighted by Gasteiger charge is 2.42. The minimum Gasteiger partial charge on any atom is -0.481 e. The van der Waals surface area contributed by atoms with Crippen LogP contribution in [0.25, 0.3) is 0 Å². The van der Waals surface area contributed by atoms with E-state index in [0.717, 1.165) is 0 Å². The van der Waals surface area contributed by atoms with E-state index in [-0.39, 0.29) is 13.0 Å². The van der Waals surface area contributed by atoms with Crippen LogP contribution in [0.2, 0.25) is 0 Å². The van der Waals surface area contributed by atoms with E-state index in [9.17, 15) is 18.0 Å². The number of carbonyl (C=O) groups is 1. The van der Waals surface area contributed by atoms with Gasteiger partial charge in [-0.1, -0.05) is 0 Å². The maximum atomic E-state index is 12.7. The lowest BCUT2D eigenvalue weighted by atomic mass is 9.98. The number of piperidine rings is 1. The van der Waals surface area contributed by atoms with Crippen LogP contribution in [0, 0.1) is 5.92 Å². The van der Waals surface area contributed by atoms with Gasteiger partial charge in [0.1, 0.15) is 0 Å². The van der Waals surface area contributed by atoms with Crippen LogP contribution in [0.3, 0.4) is 0 Å². The molecule has 0 bridgehead atoms. The number of likely N-dealkylation sites (tertiary alicyclic amines) is 1. The summed E-state index contributed by atoms with van der Waals surface area (Å²) >= 11 is 0. The molecule has 0 unspecified atom stereocenters. The fraction of sp³-hybridized carbons (Fsp3) is 0.538. The van der Waals surface area contributed by atoms with Crippen molar-refractivity contribution in [1.82, 2.24) is 9.88 Å². The van der Waals surface area contributed by atoms with E-state index in [1.54, 1.807) is 12.1 Å². The SMILES string of the molecule is COc1ccc(NC(=O)N2CCC[C@H](C(F)(F)F)C2)cn1. The van der Waals surface area contributed by atoms with Gasteiger partial charge >= 0.3 is 12.2 Å². The number of pyridine rings is 1. The molecule has 1 atom stereocenters. The molecule has 1 saturated heterocycles. The van der Waals surface area contributed by atoms with Gasteiger partial charge in [0, 0.05) is 19.2 Å². The number of nitrogens with zero attached hydrogens (tertiary/aromatic N) is 2. The highest BCUT2D eigenvalue weighted by molar-refractivity contribution is 5.89. The summed E-state index contributed by atoms with van der Waals surface area (Å²) in [4.78, 5) is 17.1. The Morgan fingerprint density at radius 1 is 1.48 bits per heavy atom. The highest BCUT2D eigenvalue weighted by atomic mass is 19.4. The first-order valence-electron chi connectivity index (χ1n) is 6.53. The first-order chi connectivity index (χ1) is 9.90. The predicted molar refractivity (Wildman–Crippen MR) is 70.2 cm³/mol. The Morgan fingerprint density at radius 3 is 2.81 bits per heavy atom. The van der Waals surface area contributed by atoms with Crippen molar-refractivity contribution in [1.29, 1.82) is 0 Å². The molecule has 8 heteroatoms.